The van der Waals surface area contributed by atoms with Gasteiger partial charge in [-0.2, -0.15) is 8.78 Å². The van der Waals surface area contributed by atoms with Crippen molar-refractivity contribution in [2.75, 3.05) is 0 Å². The summed E-state index contributed by atoms with van der Waals surface area (Å²) in [6.45, 7) is 1.64. The Labute approximate surface area is 151 Å². The molecule has 4 aromatic rings. The van der Waals surface area contributed by atoms with Crippen molar-refractivity contribution in [2.45, 2.75) is 12.7 Å². The molecule has 0 unspecified atom stereocenters. The molecule has 130 valence electrons. The molecule has 26 heavy (non-hydrogen) atoms. The van der Waals surface area contributed by atoms with E-state index in [4.69, 9.17) is 0 Å². The van der Waals surface area contributed by atoms with E-state index in [2.05, 4.69) is 4.98 Å². The van der Waals surface area contributed by atoms with Crippen LogP contribution in [-0.2, 0) is 5.79 Å². The molecule has 0 aliphatic heterocycles. The summed E-state index contributed by atoms with van der Waals surface area (Å²) in [5.41, 5.74) is 1.04. The summed E-state index contributed by atoms with van der Waals surface area (Å²) in [5, 5.41) is 1.27. The number of aromatic nitrogens is 2. The number of alkyl halides is 2. The zero-order valence-electron chi connectivity index (χ0n) is 14.2. The topological polar surface area (TPSA) is 17.8 Å². The SMILES string of the molecule is Cc1nc2ccccc2n1C(F)(F)P(c1ccccc1)c1ccccc1. The van der Waals surface area contributed by atoms with E-state index in [1.165, 1.54) is 0 Å². The highest BCUT2D eigenvalue weighted by Gasteiger charge is 2.45. The van der Waals surface area contributed by atoms with Crippen molar-refractivity contribution in [1.82, 2.24) is 9.55 Å². The van der Waals surface area contributed by atoms with Crippen molar-refractivity contribution in [2.24, 2.45) is 0 Å². The predicted octanol–water partition coefficient (Wildman–Crippen LogP) is 4.98. The highest BCUT2D eigenvalue weighted by molar-refractivity contribution is 7.73. The summed E-state index contributed by atoms with van der Waals surface area (Å²) in [4.78, 5) is 4.34. The molecule has 0 fully saturated rings. The number of hydrogen-bond acceptors (Lipinski definition) is 1. The van der Waals surface area contributed by atoms with Crippen molar-refractivity contribution in [3.63, 3.8) is 0 Å². The summed E-state index contributed by atoms with van der Waals surface area (Å²) in [5.74, 6) is -2.80. The number of hydrogen-bond donors (Lipinski definition) is 0. The molecule has 0 aliphatic rings. The molecule has 0 amide bonds. The Bertz CT molecular complexity index is 990. The van der Waals surface area contributed by atoms with Crippen LogP contribution >= 0.6 is 7.92 Å². The number of aryl methyl sites for hydroxylation is 1. The van der Waals surface area contributed by atoms with Gasteiger partial charge in [0.1, 0.15) is 5.82 Å². The summed E-state index contributed by atoms with van der Waals surface area (Å²) < 4.78 is 33.0. The second-order valence-electron chi connectivity index (χ2n) is 6.00. The molecular weight excluding hydrogens is 349 g/mol. The second kappa shape index (κ2) is 6.62. The van der Waals surface area contributed by atoms with Gasteiger partial charge in [-0.05, 0) is 29.7 Å². The average Bonchev–Trinajstić information content (AvgIpc) is 3.00. The summed E-state index contributed by atoms with van der Waals surface area (Å²) in [6, 6.07) is 25.1. The number of rotatable bonds is 4. The second-order valence-corrected chi connectivity index (χ2v) is 8.24. The van der Waals surface area contributed by atoms with E-state index in [1.807, 2.05) is 42.5 Å². The largest absolute Gasteiger partial charge is 0.355 e. The van der Waals surface area contributed by atoms with Gasteiger partial charge in [-0.25, -0.2) is 4.98 Å². The van der Waals surface area contributed by atoms with E-state index < -0.39 is 13.7 Å². The number of imidazole rings is 1. The highest BCUT2D eigenvalue weighted by atomic mass is 31.1. The Morgan fingerprint density at radius 1 is 0.769 bits per heavy atom. The lowest BCUT2D eigenvalue weighted by Crippen LogP contribution is -2.31. The zero-order chi connectivity index (χ0) is 18.1. The minimum Gasteiger partial charge on any atom is -0.264 e. The van der Waals surface area contributed by atoms with Crippen molar-refractivity contribution >= 4 is 29.6 Å². The maximum absolute atomic E-state index is 16.0. The number of fused-ring (bicyclic) bond motifs is 1. The first-order chi connectivity index (χ1) is 12.6. The first-order valence-electron chi connectivity index (χ1n) is 8.32. The van der Waals surface area contributed by atoms with Crippen molar-refractivity contribution in [3.05, 3.63) is 90.8 Å². The maximum Gasteiger partial charge on any atom is 0.355 e. The number of benzene rings is 3. The molecule has 0 N–H and O–H groups in total. The average molecular weight is 366 g/mol. The van der Waals surface area contributed by atoms with E-state index in [9.17, 15) is 0 Å². The van der Waals surface area contributed by atoms with Crippen LogP contribution in [0, 0.1) is 6.92 Å². The molecule has 1 aromatic heterocycles. The summed E-state index contributed by atoms with van der Waals surface area (Å²) in [7, 11) is -1.94. The molecule has 4 rings (SSSR count). The first kappa shape index (κ1) is 16.9. The van der Waals surface area contributed by atoms with Crippen LogP contribution in [0.5, 0.6) is 0 Å². The molecule has 0 spiro atoms. The quantitative estimate of drug-likeness (QED) is 0.466. The summed E-state index contributed by atoms with van der Waals surface area (Å²) >= 11 is 0. The normalized spacial score (nSPS) is 12.0. The summed E-state index contributed by atoms with van der Waals surface area (Å²) in [6.07, 6.45) is 0. The van der Waals surface area contributed by atoms with Crippen LogP contribution < -0.4 is 10.6 Å². The van der Waals surface area contributed by atoms with Gasteiger partial charge in [-0.15, -0.1) is 0 Å². The van der Waals surface area contributed by atoms with Gasteiger partial charge < -0.3 is 0 Å². The molecule has 0 aliphatic carbocycles. The lowest BCUT2D eigenvalue weighted by molar-refractivity contribution is 0.0207. The van der Waals surface area contributed by atoms with Crippen LogP contribution in [-0.4, -0.2) is 9.55 Å². The van der Waals surface area contributed by atoms with Crippen LogP contribution in [0.2, 0.25) is 0 Å². The highest BCUT2D eigenvalue weighted by Crippen LogP contribution is 2.55. The van der Waals surface area contributed by atoms with E-state index in [0.29, 0.717) is 27.5 Å². The van der Waals surface area contributed by atoms with Crippen LogP contribution in [0.15, 0.2) is 84.9 Å². The lowest BCUT2D eigenvalue weighted by Gasteiger charge is -2.30. The standard InChI is InChI=1S/C21H17F2N2P/c1-16-24-19-14-8-9-15-20(19)25(16)21(22,23)26(17-10-4-2-5-11-17)18-12-6-3-7-13-18/h2-15H,1H3. The van der Waals surface area contributed by atoms with Crippen molar-refractivity contribution in [3.8, 4) is 0 Å². The van der Waals surface area contributed by atoms with E-state index in [0.717, 1.165) is 4.57 Å². The minimum atomic E-state index is -3.11. The van der Waals surface area contributed by atoms with Crippen LogP contribution in [0.25, 0.3) is 11.0 Å². The smallest absolute Gasteiger partial charge is 0.264 e. The van der Waals surface area contributed by atoms with E-state index in [-0.39, 0.29) is 0 Å². The molecule has 0 atom stereocenters. The van der Waals surface area contributed by atoms with E-state index >= 15 is 8.78 Å². The fraction of sp³-hybridized carbons (Fsp3) is 0.0952. The Balaban J connectivity index is 1.96. The molecule has 5 heteroatoms. The number of halogens is 2. The maximum atomic E-state index is 16.0. The van der Waals surface area contributed by atoms with Gasteiger partial charge in [0.15, 0.2) is 0 Å². The molecular formula is C21H17F2N2P. The molecule has 0 saturated carbocycles. The van der Waals surface area contributed by atoms with Gasteiger partial charge in [0.2, 0.25) is 0 Å². The molecule has 0 radical (unpaired) electrons. The molecule has 1 heterocycles. The molecule has 3 aromatic carbocycles. The lowest BCUT2D eigenvalue weighted by atomic mass is 10.3. The van der Waals surface area contributed by atoms with Gasteiger partial charge in [0.25, 0.3) is 0 Å². The minimum absolute atomic E-state index is 0.315. The Morgan fingerprint density at radius 2 is 1.27 bits per heavy atom. The van der Waals surface area contributed by atoms with Crippen molar-refractivity contribution < 1.29 is 8.78 Å². The van der Waals surface area contributed by atoms with Gasteiger partial charge in [0, 0.05) is 0 Å². The van der Waals surface area contributed by atoms with Gasteiger partial charge in [-0.1, -0.05) is 72.8 Å². The monoisotopic (exact) mass is 366 g/mol. The number of para-hydroxylation sites is 2. The Kier molecular flexibility index (Phi) is 4.29. The third kappa shape index (κ3) is 2.81. The van der Waals surface area contributed by atoms with Crippen LogP contribution in [0.4, 0.5) is 8.78 Å². The van der Waals surface area contributed by atoms with Crippen LogP contribution in [0.1, 0.15) is 5.82 Å². The fourth-order valence-corrected chi connectivity index (χ4v) is 5.51. The number of nitrogens with zero attached hydrogens (tertiary/aromatic N) is 2. The first-order valence-corrected chi connectivity index (χ1v) is 9.66. The van der Waals surface area contributed by atoms with E-state index in [1.54, 1.807) is 49.4 Å². The Hall–Kier alpha value is -2.58. The predicted molar refractivity (Wildman–Crippen MR) is 104 cm³/mol. The molecule has 0 saturated heterocycles. The molecule has 2 nitrogen and oxygen atoms in total. The third-order valence-corrected chi connectivity index (χ3v) is 6.66. The zero-order valence-corrected chi connectivity index (χ0v) is 15.1. The van der Waals surface area contributed by atoms with Gasteiger partial charge in [-0.3, -0.25) is 4.57 Å². The fourth-order valence-electron chi connectivity index (χ4n) is 3.20. The third-order valence-electron chi connectivity index (χ3n) is 4.30. The van der Waals surface area contributed by atoms with Crippen LogP contribution in [0.3, 0.4) is 0 Å². The Morgan fingerprint density at radius 3 is 1.85 bits per heavy atom. The molecule has 0 bridgehead atoms. The van der Waals surface area contributed by atoms with Crippen molar-refractivity contribution in [1.29, 1.82) is 0 Å². The van der Waals surface area contributed by atoms with Gasteiger partial charge in [0.05, 0.1) is 19.0 Å². The van der Waals surface area contributed by atoms with Gasteiger partial charge >= 0.3 is 5.79 Å².